The van der Waals surface area contributed by atoms with Gasteiger partial charge in [-0.2, -0.15) is 0 Å². The first-order valence-electron chi connectivity index (χ1n) is 15.1. The van der Waals surface area contributed by atoms with Gasteiger partial charge in [0.2, 0.25) is 0 Å². The Morgan fingerprint density at radius 2 is 1.88 bits per heavy atom. The first-order chi connectivity index (χ1) is 19.9. The molecule has 1 aromatic carbocycles. The number of nitrogens with one attached hydrogen (secondary N) is 1. The van der Waals surface area contributed by atoms with Crippen LogP contribution in [0.3, 0.4) is 0 Å². The van der Waals surface area contributed by atoms with Gasteiger partial charge in [-0.1, -0.05) is 26.8 Å². The predicted octanol–water partition coefficient (Wildman–Crippen LogP) is 4.73. The highest BCUT2D eigenvalue weighted by atomic mass is 16.8. The molecular formula is C31H44N8O3. The molecule has 11 nitrogen and oxygen atoms in total. The normalized spacial score (nSPS) is 24.0. The molecule has 3 N–H and O–H groups in total. The Kier molecular flexibility index (Phi) is 7.49. The van der Waals surface area contributed by atoms with Gasteiger partial charge in [-0.25, -0.2) is 19.9 Å². The largest absolute Gasteiger partial charge is 0.382 e. The van der Waals surface area contributed by atoms with Gasteiger partial charge in [0, 0.05) is 19.0 Å². The number of unbranched alkanes of at least 4 members (excludes halogenated alkanes) is 1. The molecule has 2 fully saturated rings. The fourth-order valence-corrected chi connectivity index (χ4v) is 6.13. The number of hydrogen-bond acceptors (Lipinski definition) is 9. The average Bonchev–Trinajstić information content (AvgIpc) is 3.66. The summed E-state index contributed by atoms with van der Waals surface area (Å²) in [6, 6.07) is 6.90. The molecule has 0 saturated carbocycles. The first kappa shape index (κ1) is 29.0. The summed E-state index contributed by atoms with van der Waals surface area (Å²) in [6.07, 6.45) is 5.07. The van der Waals surface area contributed by atoms with E-state index in [1.54, 1.807) is 6.33 Å². The van der Waals surface area contributed by atoms with Crippen molar-refractivity contribution in [1.82, 2.24) is 34.4 Å². The maximum Gasteiger partial charge on any atom is 0.167 e. The lowest BCUT2D eigenvalue weighted by Crippen LogP contribution is -2.43. The molecule has 42 heavy (non-hydrogen) atoms. The molecule has 2 aliphatic rings. The quantitative estimate of drug-likeness (QED) is 0.272. The number of fused-ring (bicyclic) bond motifs is 3. The Labute approximate surface area is 247 Å². The number of hydrogen-bond donors (Lipinski definition) is 2. The van der Waals surface area contributed by atoms with Crippen LogP contribution in [0, 0.1) is 0 Å². The van der Waals surface area contributed by atoms with E-state index in [0.29, 0.717) is 23.0 Å². The third kappa shape index (κ3) is 5.62. The molecule has 6 rings (SSSR count). The molecule has 3 aromatic heterocycles. The van der Waals surface area contributed by atoms with Crippen LogP contribution in [0.2, 0.25) is 0 Å². The van der Waals surface area contributed by atoms with E-state index in [4.69, 9.17) is 24.9 Å². The number of imidazole rings is 2. The molecular weight excluding hydrogens is 532 g/mol. The maximum atomic E-state index is 6.65. The van der Waals surface area contributed by atoms with Gasteiger partial charge < -0.3 is 24.9 Å². The highest BCUT2D eigenvalue weighted by molar-refractivity contribution is 5.81. The minimum atomic E-state index is -0.705. The number of rotatable bonds is 9. The van der Waals surface area contributed by atoms with E-state index in [2.05, 4.69) is 77.7 Å². The number of H-pyrrole nitrogens is 1. The summed E-state index contributed by atoms with van der Waals surface area (Å²) in [4.78, 5) is 23.8. The summed E-state index contributed by atoms with van der Waals surface area (Å²) in [5.41, 5.74) is 10.8. The van der Waals surface area contributed by atoms with E-state index in [1.807, 2.05) is 18.4 Å². The van der Waals surface area contributed by atoms with Crippen molar-refractivity contribution in [3.05, 3.63) is 42.2 Å². The number of anilines is 1. The third-order valence-corrected chi connectivity index (χ3v) is 8.44. The van der Waals surface area contributed by atoms with Crippen LogP contribution in [0.5, 0.6) is 0 Å². The SMILES string of the molecule is CC(C)N(CCCCc1nc2ccc(C(C)(C)C)cc2[nH]1)C[C@H]1O[C@@H](n2cnc3c(N)ncnc32)[C@@H]2OC(C)(C)O[C@@H]21. The number of nitrogens with two attached hydrogens (primary N) is 1. The van der Waals surface area contributed by atoms with Crippen molar-refractivity contribution in [2.75, 3.05) is 18.8 Å². The summed E-state index contributed by atoms with van der Waals surface area (Å²) in [5, 5.41) is 0. The highest BCUT2D eigenvalue weighted by Gasteiger charge is 2.56. The van der Waals surface area contributed by atoms with Gasteiger partial charge in [-0.15, -0.1) is 0 Å². The molecule has 4 aromatic rings. The zero-order chi connectivity index (χ0) is 29.8. The first-order valence-corrected chi connectivity index (χ1v) is 15.1. The average molecular weight is 577 g/mol. The van der Waals surface area contributed by atoms with Crippen molar-refractivity contribution in [1.29, 1.82) is 0 Å². The van der Waals surface area contributed by atoms with E-state index in [0.717, 1.165) is 49.2 Å². The summed E-state index contributed by atoms with van der Waals surface area (Å²) in [5.74, 6) is 0.688. The molecule has 5 heterocycles. The van der Waals surface area contributed by atoms with Crippen molar-refractivity contribution >= 4 is 28.0 Å². The Hall–Kier alpha value is -3.12. The Balaban J connectivity index is 1.11. The fourth-order valence-electron chi connectivity index (χ4n) is 6.13. The van der Waals surface area contributed by atoms with Gasteiger partial charge >= 0.3 is 0 Å². The van der Waals surface area contributed by atoms with Crippen LogP contribution < -0.4 is 5.73 Å². The molecule has 4 atom stereocenters. The molecule has 0 unspecified atom stereocenters. The van der Waals surface area contributed by atoms with E-state index in [1.165, 1.54) is 11.9 Å². The maximum absolute atomic E-state index is 6.65. The molecule has 2 aliphatic heterocycles. The molecule has 2 saturated heterocycles. The molecule has 11 heteroatoms. The summed E-state index contributed by atoms with van der Waals surface area (Å²) < 4.78 is 21.3. The minimum absolute atomic E-state index is 0.114. The number of benzene rings is 1. The van der Waals surface area contributed by atoms with Crippen LogP contribution >= 0.6 is 0 Å². The standard InChI is InChI=1S/C31H44N8O3/c1-18(2)38(13-9-8-10-23-36-20-12-11-19(30(3,4)5)14-21(20)37-23)15-22-25-26(42-31(6,7)41-25)29(40-22)39-17-35-24-27(32)33-16-34-28(24)39/h11-12,14,16-18,22,25-26,29H,8-10,13,15H2,1-7H3,(H,36,37)(H2,32,33,34)/t22-,25-,26-,29-/m1/s1. The van der Waals surface area contributed by atoms with Crippen LogP contribution in [0.1, 0.15) is 78.9 Å². The van der Waals surface area contributed by atoms with E-state index >= 15 is 0 Å². The second-order valence-corrected chi connectivity index (χ2v) is 13.4. The van der Waals surface area contributed by atoms with Crippen LogP contribution in [0.4, 0.5) is 5.82 Å². The Morgan fingerprint density at radius 3 is 2.64 bits per heavy atom. The van der Waals surface area contributed by atoms with Crippen molar-refractivity contribution in [3.63, 3.8) is 0 Å². The summed E-state index contributed by atoms with van der Waals surface area (Å²) >= 11 is 0. The van der Waals surface area contributed by atoms with Crippen LogP contribution in [-0.2, 0) is 26.0 Å². The Bertz CT molecular complexity index is 1550. The van der Waals surface area contributed by atoms with E-state index in [9.17, 15) is 0 Å². The molecule has 0 radical (unpaired) electrons. The lowest BCUT2D eigenvalue weighted by Gasteiger charge is -2.31. The van der Waals surface area contributed by atoms with E-state index in [-0.39, 0.29) is 23.7 Å². The highest BCUT2D eigenvalue weighted by Crippen LogP contribution is 2.44. The van der Waals surface area contributed by atoms with Gasteiger partial charge in [0.25, 0.3) is 0 Å². The van der Waals surface area contributed by atoms with E-state index < -0.39 is 12.0 Å². The van der Waals surface area contributed by atoms with Gasteiger partial charge in [-0.05, 0) is 70.2 Å². The predicted molar refractivity (Wildman–Crippen MR) is 162 cm³/mol. The van der Waals surface area contributed by atoms with Crippen molar-refractivity contribution in [2.24, 2.45) is 0 Å². The monoisotopic (exact) mass is 576 g/mol. The number of ether oxygens (including phenoxy) is 3. The van der Waals surface area contributed by atoms with Gasteiger partial charge in [0.05, 0.1) is 17.4 Å². The second-order valence-electron chi connectivity index (χ2n) is 13.4. The Morgan fingerprint density at radius 1 is 1.10 bits per heavy atom. The number of aryl methyl sites for hydroxylation is 1. The molecule has 226 valence electrons. The summed E-state index contributed by atoms with van der Waals surface area (Å²) in [7, 11) is 0. The number of nitrogens with zero attached hydrogens (tertiary/aromatic N) is 6. The topological polar surface area (TPSA) is 129 Å². The fraction of sp³-hybridized carbons (Fsp3) is 0.613. The van der Waals surface area contributed by atoms with Crippen molar-refractivity contribution in [3.8, 4) is 0 Å². The molecule has 0 amide bonds. The zero-order valence-corrected chi connectivity index (χ0v) is 25.8. The van der Waals surface area contributed by atoms with Crippen LogP contribution in [0.25, 0.3) is 22.2 Å². The molecule has 0 bridgehead atoms. The second kappa shape index (κ2) is 10.9. The van der Waals surface area contributed by atoms with Crippen molar-refractivity contribution in [2.45, 2.75) is 110 Å². The molecule has 0 aliphatic carbocycles. The smallest absolute Gasteiger partial charge is 0.167 e. The number of aromatic amines is 1. The van der Waals surface area contributed by atoms with Crippen molar-refractivity contribution < 1.29 is 14.2 Å². The van der Waals surface area contributed by atoms with Gasteiger partial charge in [0.1, 0.15) is 36.0 Å². The third-order valence-electron chi connectivity index (χ3n) is 8.44. The van der Waals surface area contributed by atoms with Crippen LogP contribution in [0.15, 0.2) is 30.9 Å². The zero-order valence-electron chi connectivity index (χ0n) is 25.8. The minimum Gasteiger partial charge on any atom is -0.382 e. The lowest BCUT2D eigenvalue weighted by atomic mass is 9.87. The molecule has 0 spiro atoms. The van der Waals surface area contributed by atoms with Gasteiger partial charge in [-0.3, -0.25) is 9.47 Å². The number of nitrogen functional groups attached to an aromatic ring is 1. The van der Waals surface area contributed by atoms with Gasteiger partial charge in [0.15, 0.2) is 23.5 Å². The lowest BCUT2D eigenvalue weighted by molar-refractivity contribution is -0.198. The van der Waals surface area contributed by atoms with Crippen LogP contribution in [-0.4, -0.2) is 77.6 Å². The summed E-state index contributed by atoms with van der Waals surface area (Å²) in [6.45, 7) is 16.8. The number of aromatic nitrogens is 6.